The first-order valence-electron chi connectivity index (χ1n) is 6.31. The van der Waals surface area contributed by atoms with E-state index in [9.17, 15) is 5.11 Å². The number of rotatable bonds is 2. The lowest BCUT2D eigenvalue weighted by Crippen LogP contribution is -1.89. The third-order valence-corrected chi connectivity index (χ3v) is 3.87. The SMILES string of the molecule is Cc1cc(-c2noc(-c3ccc(I)c(O)c3)n2)cc(C)n1. The average Bonchev–Trinajstić information content (AvgIpc) is 2.90. The summed E-state index contributed by atoms with van der Waals surface area (Å²) < 4.78 is 6.06. The lowest BCUT2D eigenvalue weighted by molar-refractivity contribution is 0.431. The van der Waals surface area contributed by atoms with Gasteiger partial charge in [-0.3, -0.25) is 4.98 Å². The Kier molecular flexibility index (Phi) is 3.62. The van der Waals surface area contributed by atoms with Crippen molar-refractivity contribution < 1.29 is 9.63 Å². The number of aromatic hydroxyl groups is 1. The van der Waals surface area contributed by atoms with Crippen LogP contribution in [-0.4, -0.2) is 20.2 Å². The van der Waals surface area contributed by atoms with Crippen LogP contribution in [0.1, 0.15) is 11.4 Å². The van der Waals surface area contributed by atoms with Crippen LogP contribution in [0.2, 0.25) is 0 Å². The third kappa shape index (κ3) is 2.90. The highest BCUT2D eigenvalue weighted by atomic mass is 127. The first-order chi connectivity index (χ1) is 10.0. The Morgan fingerprint density at radius 3 is 2.38 bits per heavy atom. The summed E-state index contributed by atoms with van der Waals surface area (Å²) in [4.78, 5) is 8.71. The molecule has 2 aromatic heterocycles. The van der Waals surface area contributed by atoms with Crippen LogP contribution in [0.25, 0.3) is 22.8 Å². The first kappa shape index (κ1) is 14.0. The summed E-state index contributed by atoms with van der Waals surface area (Å²) in [7, 11) is 0. The van der Waals surface area contributed by atoms with Crippen LogP contribution in [0.5, 0.6) is 5.75 Å². The molecule has 21 heavy (non-hydrogen) atoms. The molecular formula is C15H12IN3O2. The van der Waals surface area contributed by atoms with E-state index in [2.05, 4.69) is 37.7 Å². The van der Waals surface area contributed by atoms with Crippen molar-refractivity contribution >= 4 is 22.6 Å². The van der Waals surface area contributed by atoms with Gasteiger partial charge in [0.2, 0.25) is 5.82 Å². The molecule has 0 fully saturated rings. The Labute approximate surface area is 135 Å². The van der Waals surface area contributed by atoms with Gasteiger partial charge in [-0.15, -0.1) is 0 Å². The van der Waals surface area contributed by atoms with Gasteiger partial charge in [-0.1, -0.05) is 5.16 Å². The maximum Gasteiger partial charge on any atom is 0.258 e. The standard InChI is InChI=1S/C15H12IN3O2/c1-8-5-11(6-9(2)17-8)14-18-15(21-19-14)10-3-4-12(16)13(20)7-10/h3-7,20H,1-2H3. The molecule has 2 heterocycles. The third-order valence-electron chi connectivity index (χ3n) is 2.96. The van der Waals surface area contributed by atoms with Crippen LogP contribution in [-0.2, 0) is 0 Å². The van der Waals surface area contributed by atoms with Gasteiger partial charge in [0.15, 0.2) is 0 Å². The minimum absolute atomic E-state index is 0.198. The van der Waals surface area contributed by atoms with Gasteiger partial charge >= 0.3 is 0 Å². The summed E-state index contributed by atoms with van der Waals surface area (Å²) in [5.41, 5.74) is 3.37. The van der Waals surface area contributed by atoms with Gasteiger partial charge in [-0.25, -0.2) is 0 Å². The molecule has 0 saturated carbocycles. The Morgan fingerprint density at radius 1 is 1.00 bits per heavy atom. The number of hydrogen-bond acceptors (Lipinski definition) is 5. The number of aryl methyl sites for hydroxylation is 2. The highest BCUT2D eigenvalue weighted by Gasteiger charge is 2.12. The van der Waals surface area contributed by atoms with Crippen LogP contribution >= 0.6 is 22.6 Å². The topological polar surface area (TPSA) is 72.0 Å². The Bertz CT molecular complexity index is 794. The van der Waals surface area contributed by atoms with Gasteiger partial charge in [0.25, 0.3) is 5.89 Å². The number of nitrogens with zero attached hydrogens (tertiary/aromatic N) is 3. The Balaban J connectivity index is 2.01. The van der Waals surface area contributed by atoms with Crippen molar-refractivity contribution in [3.05, 3.63) is 45.3 Å². The number of benzene rings is 1. The van der Waals surface area contributed by atoms with Gasteiger partial charge in [-0.2, -0.15) is 4.98 Å². The maximum atomic E-state index is 9.75. The highest BCUT2D eigenvalue weighted by Crippen LogP contribution is 2.28. The monoisotopic (exact) mass is 393 g/mol. The molecule has 5 nitrogen and oxygen atoms in total. The molecule has 0 atom stereocenters. The number of pyridine rings is 1. The zero-order valence-corrected chi connectivity index (χ0v) is 13.6. The predicted molar refractivity (Wildman–Crippen MR) is 86.8 cm³/mol. The van der Waals surface area contributed by atoms with E-state index in [-0.39, 0.29) is 5.75 Å². The summed E-state index contributed by atoms with van der Waals surface area (Å²) in [6, 6.07) is 9.07. The fourth-order valence-corrected chi connectivity index (χ4v) is 2.40. The zero-order valence-electron chi connectivity index (χ0n) is 11.5. The molecule has 0 aliphatic heterocycles. The molecule has 3 aromatic rings. The first-order valence-corrected chi connectivity index (χ1v) is 7.39. The molecule has 0 saturated heterocycles. The van der Waals surface area contributed by atoms with Crippen LogP contribution in [0.15, 0.2) is 34.9 Å². The van der Waals surface area contributed by atoms with Crippen LogP contribution < -0.4 is 0 Å². The van der Waals surface area contributed by atoms with Gasteiger partial charge in [0.05, 0.1) is 3.57 Å². The van der Waals surface area contributed by atoms with Crippen molar-refractivity contribution in [3.63, 3.8) is 0 Å². The van der Waals surface area contributed by atoms with E-state index in [0.717, 1.165) is 20.5 Å². The minimum Gasteiger partial charge on any atom is -0.507 e. The Hall–Kier alpha value is -1.96. The molecule has 3 rings (SSSR count). The summed E-state index contributed by atoms with van der Waals surface area (Å²) >= 11 is 2.06. The molecule has 0 bridgehead atoms. The quantitative estimate of drug-likeness (QED) is 0.672. The fourth-order valence-electron chi connectivity index (χ4n) is 2.07. The van der Waals surface area contributed by atoms with E-state index in [1.165, 1.54) is 0 Å². The number of halogens is 1. The minimum atomic E-state index is 0.198. The van der Waals surface area contributed by atoms with E-state index in [1.807, 2.05) is 32.0 Å². The molecule has 0 radical (unpaired) electrons. The lowest BCUT2D eigenvalue weighted by atomic mass is 10.2. The molecule has 0 aliphatic carbocycles. The van der Waals surface area contributed by atoms with Crippen molar-refractivity contribution in [2.24, 2.45) is 0 Å². The second-order valence-electron chi connectivity index (χ2n) is 4.73. The van der Waals surface area contributed by atoms with E-state index in [1.54, 1.807) is 12.1 Å². The van der Waals surface area contributed by atoms with Crippen LogP contribution in [0.4, 0.5) is 0 Å². The van der Waals surface area contributed by atoms with E-state index < -0.39 is 0 Å². The molecular weight excluding hydrogens is 381 g/mol. The van der Waals surface area contributed by atoms with Crippen molar-refractivity contribution in [2.45, 2.75) is 13.8 Å². The summed E-state index contributed by atoms with van der Waals surface area (Å²) in [5, 5.41) is 13.8. The zero-order chi connectivity index (χ0) is 15.0. The van der Waals surface area contributed by atoms with Gasteiger partial charge in [0.1, 0.15) is 5.75 Å². The Morgan fingerprint density at radius 2 is 1.71 bits per heavy atom. The van der Waals surface area contributed by atoms with Crippen molar-refractivity contribution in [1.29, 1.82) is 0 Å². The largest absolute Gasteiger partial charge is 0.507 e. The predicted octanol–water partition coefficient (Wildman–Crippen LogP) is 3.73. The second-order valence-corrected chi connectivity index (χ2v) is 5.89. The number of phenolic OH excluding ortho intramolecular Hbond substituents is 1. The van der Waals surface area contributed by atoms with Gasteiger partial charge in [-0.05, 0) is 66.8 Å². The number of phenols is 1. The highest BCUT2D eigenvalue weighted by molar-refractivity contribution is 14.1. The fraction of sp³-hybridized carbons (Fsp3) is 0.133. The van der Waals surface area contributed by atoms with Crippen molar-refractivity contribution in [3.8, 4) is 28.6 Å². The van der Waals surface area contributed by atoms with Gasteiger partial charge < -0.3 is 9.63 Å². The summed E-state index contributed by atoms with van der Waals surface area (Å²) in [6.45, 7) is 3.85. The summed E-state index contributed by atoms with van der Waals surface area (Å²) in [5.74, 6) is 1.09. The number of hydrogen-bond donors (Lipinski definition) is 1. The summed E-state index contributed by atoms with van der Waals surface area (Å²) in [6.07, 6.45) is 0. The molecule has 6 heteroatoms. The molecule has 1 N–H and O–H groups in total. The lowest BCUT2D eigenvalue weighted by Gasteiger charge is -1.99. The molecule has 0 aliphatic rings. The van der Waals surface area contributed by atoms with Gasteiger partial charge in [0, 0.05) is 22.5 Å². The maximum absolute atomic E-state index is 9.75. The normalized spacial score (nSPS) is 10.8. The number of aromatic nitrogens is 3. The second kappa shape index (κ2) is 5.44. The average molecular weight is 393 g/mol. The molecule has 0 unspecified atom stereocenters. The molecule has 0 spiro atoms. The van der Waals surface area contributed by atoms with Crippen molar-refractivity contribution in [2.75, 3.05) is 0 Å². The van der Waals surface area contributed by atoms with E-state index >= 15 is 0 Å². The van der Waals surface area contributed by atoms with Crippen molar-refractivity contribution in [1.82, 2.24) is 15.1 Å². The van der Waals surface area contributed by atoms with Crippen LogP contribution in [0, 0.1) is 17.4 Å². The van der Waals surface area contributed by atoms with E-state index in [0.29, 0.717) is 17.3 Å². The van der Waals surface area contributed by atoms with E-state index in [4.69, 9.17) is 4.52 Å². The molecule has 0 amide bonds. The molecule has 106 valence electrons. The smallest absolute Gasteiger partial charge is 0.258 e. The van der Waals surface area contributed by atoms with Crippen LogP contribution in [0.3, 0.4) is 0 Å². The molecule has 1 aromatic carbocycles.